The van der Waals surface area contributed by atoms with Crippen LogP contribution >= 0.6 is 0 Å². The summed E-state index contributed by atoms with van der Waals surface area (Å²) in [5, 5.41) is 54.2. The lowest BCUT2D eigenvalue weighted by Crippen LogP contribution is -2.60. The molecule has 9 nitrogen and oxygen atoms in total. The topological polar surface area (TPSA) is 149 Å². The highest BCUT2D eigenvalue weighted by Gasteiger charge is 2.44. The first-order chi connectivity index (χ1) is 25.3. The number of ether oxygens (including phenoxy) is 2. The van der Waals surface area contributed by atoms with Gasteiger partial charge in [-0.15, -0.1) is 0 Å². The number of hydrogen-bond acceptors (Lipinski definition) is 8. The van der Waals surface area contributed by atoms with E-state index in [2.05, 4.69) is 19.2 Å². The smallest absolute Gasteiger partial charge is 0.220 e. The predicted octanol–water partition coefficient (Wildman–Crippen LogP) is 8.78. The van der Waals surface area contributed by atoms with Gasteiger partial charge in [-0.3, -0.25) is 4.79 Å². The summed E-state index contributed by atoms with van der Waals surface area (Å²) in [6.45, 7) is 3.84. The van der Waals surface area contributed by atoms with E-state index in [-0.39, 0.29) is 12.5 Å². The molecule has 0 radical (unpaired) electrons. The zero-order valence-electron chi connectivity index (χ0n) is 33.8. The lowest BCUT2D eigenvalue weighted by Gasteiger charge is -2.40. The molecule has 0 aromatic rings. The molecule has 6 N–H and O–H groups in total. The number of hydrogen-bond donors (Lipinski definition) is 6. The lowest BCUT2D eigenvalue weighted by molar-refractivity contribution is -0.302. The number of nitrogens with one attached hydrogen (secondary N) is 1. The molecule has 0 aromatic carbocycles. The monoisotopic (exact) mass is 744 g/mol. The zero-order valence-corrected chi connectivity index (χ0v) is 33.8. The maximum atomic E-state index is 12.9. The van der Waals surface area contributed by atoms with Gasteiger partial charge in [0, 0.05) is 6.42 Å². The number of carbonyl (C=O) groups excluding carboxylic acids is 1. The highest BCUT2D eigenvalue weighted by Crippen LogP contribution is 2.23. The van der Waals surface area contributed by atoms with E-state index in [4.69, 9.17) is 9.47 Å². The number of aliphatic hydroxyl groups excluding tert-OH is 5. The first-order valence-corrected chi connectivity index (χ1v) is 22.2. The van der Waals surface area contributed by atoms with E-state index in [1.54, 1.807) is 0 Å². The van der Waals surface area contributed by atoms with Crippen molar-refractivity contribution in [2.24, 2.45) is 0 Å². The quantitative estimate of drug-likeness (QED) is 0.0346. The first-order valence-electron chi connectivity index (χ1n) is 22.2. The Kier molecular flexibility index (Phi) is 32.8. The number of unbranched alkanes of at least 4 members (excludes halogenated alkanes) is 27. The van der Waals surface area contributed by atoms with Gasteiger partial charge in [0.2, 0.25) is 5.91 Å². The van der Waals surface area contributed by atoms with E-state index in [1.807, 2.05) is 0 Å². The van der Waals surface area contributed by atoms with Crippen LogP contribution in [0.15, 0.2) is 0 Å². The standard InChI is InChI=1S/C43H85NO8/c1-3-5-7-9-11-13-15-17-18-19-21-23-25-27-29-31-33-39(47)44-36(35-51-43-42(50)41(49)40(48)38(34-45)52-43)37(46)32-30-28-26-24-22-20-16-14-12-10-8-6-4-2/h36-38,40-43,45-46,48-50H,3-35H2,1-2H3,(H,44,47)/t36-,37+,38-,40-,41?,42?,43-/m0/s1. The average molecular weight is 744 g/mol. The maximum Gasteiger partial charge on any atom is 0.220 e. The van der Waals surface area contributed by atoms with Crippen LogP contribution in [0.25, 0.3) is 0 Å². The van der Waals surface area contributed by atoms with Crippen molar-refractivity contribution in [1.29, 1.82) is 0 Å². The second kappa shape index (κ2) is 34.7. The van der Waals surface area contributed by atoms with Gasteiger partial charge < -0.3 is 40.3 Å². The summed E-state index contributed by atoms with van der Waals surface area (Å²) < 4.78 is 11.2. The van der Waals surface area contributed by atoms with Crippen molar-refractivity contribution in [3.05, 3.63) is 0 Å². The van der Waals surface area contributed by atoms with Gasteiger partial charge in [0.05, 0.1) is 25.4 Å². The van der Waals surface area contributed by atoms with Crippen LogP contribution in [0.5, 0.6) is 0 Å². The van der Waals surface area contributed by atoms with Crippen molar-refractivity contribution < 1.29 is 39.8 Å². The van der Waals surface area contributed by atoms with Crippen molar-refractivity contribution in [1.82, 2.24) is 5.32 Å². The van der Waals surface area contributed by atoms with Crippen LogP contribution in [0.3, 0.4) is 0 Å². The number of carbonyl (C=O) groups is 1. The normalized spacial score (nSPS) is 21.7. The molecule has 310 valence electrons. The van der Waals surface area contributed by atoms with E-state index >= 15 is 0 Å². The Balaban J connectivity index is 2.33. The van der Waals surface area contributed by atoms with Gasteiger partial charge in [0.15, 0.2) is 6.29 Å². The van der Waals surface area contributed by atoms with Crippen molar-refractivity contribution in [2.75, 3.05) is 13.2 Å². The van der Waals surface area contributed by atoms with Crippen LogP contribution < -0.4 is 5.32 Å². The molecule has 0 aliphatic carbocycles. The van der Waals surface area contributed by atoms with Crippen molar-refractivity contribution >= 4 is 5.91 Å². The molecule has 9 heteroatoms. The van der Waals surface area contributed by atoms with E-state index in [1.165, 1.54) is 148 Å². The van der Waals surface area contributed by atoms with Crippen molar-refractivity contribution in [3.8, 4) is 0 Å². The molecular formula is C43H85NO8. The zero-order chi connectivity index (χ0) is 38.1. The summed E-state index contributed by atoms with van der Waals surface area (Å²) in [5.74, 6) is -0.142. The number of amides is 1. The second-order valence-electron chi connectivity index (χ2n) is 15.9. The first kappa shape index (κ1) is 49.2. The Morgan fingerprint density at radius 3 is 1.37 bits per heavy atom. The van der Waals surface area contributed by atoms with Crippen LogP contribution in [0, 0.1) is 0 Å². The molecular weight excluding hydrogens is 658 g/mol. The van der Waals surface area contributed by atoms with Crippen LogP contribution in [-0.2, 0) is 14.3 Å². The SMILES string of the molecule is CCCCCCCCCCCCCCCCCCC(=O)N[C@@H](CO[C@H]1O[C@@H](CO)[C@H](O)C(O)C1O)[C@H](O)CCCCCCCCCCCCCCC. The van der Waals surface area contributed by atoms with Crippen LogP contribution in [0.2, 0.25) is 0 Å². The summed E-state index contributed by atoms with van der Waals surface area (Å²) in [6, 6.07) is -0.710. The minimum absolute atomic E-state index is 0.132. The predicted molar refractivity (Wildman–Crippen MR) is 212 cm³/mol. The minimum Gasteiger partial charge on any atom is -0.394 e. The van der Waals surface area contributed by atoms with Gasteiger partial charge in [-0.25, -0.2) is 0 Å². The van der Waals surface area contributed by atoms with Gasteiger partial charge in [0.25, 0.3) is 0 Å². The van der Waals surface area contributed by atoms with E-state index in [9.17, 15) is 30.3 Å². The maximum absolute atomic E-state index is 12.9. The third kappa shape index (κ3) is 25.3. The third-order valence-electron chi connectivity index (χ3n) is 11.0. The Labute approximate surface area is 319 Å². The molecule has 1 amide bonds. The highest BCUT2D eigenvalue weighted by molar-refractivity contribution is 5.76. The van der Waals surface area contributed by atoms with Crippen LogP contribution in [0.1, 0.15) is 213 Å². The summed E-state index contributed by atoms with van der Waals surface area (Å²) in [4.78, 5) is 12.9. The molecule has 7 atom stereocenters. The largest absolute Gasteiger partial charge is 0.394 e. The van der Waals surface area contributed by atoms with Gasteiger partial charge in [0.1, 0.15) is 24.4 Å². The van der Waals surface area contributed by atoms with Gasteiger partial charge >= 0.3 is 0 Å². The molecule has 1 rings (SSSR count). The molecule has 1 aliphatic heterocycles. The molecule has 52 heavy (non-hydrogen) atoms. The van der Waals surface area contributed by atoms with Gasteiger partial charge in [-0.05, 0) is 12.8 Å². The summed E-state index contributed by atoms with van der Waals surface area (Å²) in [6.07, 6.45) is 29.6. The fraction of sp³-hybridized carbons (Fsp3) is 0.977. The summed E-state index contributed by atoms with van der Waals surface area (Å²) in [5.41, 5.74) is 0. The molecule has 0 bridgehead atoms. The molecule has 1 aliphatic rings. The molecule has 0 saturated carbocycles. The minimum atomic E-state index is -1.55. The molecule has 1 saturated heterocycles. The number of aliphatic hydroxyl groups is 5. The summed E-state index contributed by atoms with van der Waals surface area (Å²) in [7, 11) is 0. The lowest BCUT2D eigenvalue weighted by atomic mass is 9.99. The van der Waals surface area contributed by atoms with Gasteiger partial charge in [-0.2, -0.15) is 0 Å². The van der Waals surface area contributed by atoms with Crippen molar-refractivity contribution in [3.63, 3.8) is 0 Å². The Morgan fingerprint density at radius 2 is 0.962 bits per heavy atom. The van der Waals surface area contributed by atoms with Crippen LogP contribution in [-0.4, -0.2) is 87.5 Å². The molecule has 1 fully saturated rings. The van der Waals surface area contributed by atoms with Gasteiger partial charge in [-0.1, -0.05) is 194 Å². The second-order valence-corrected chi connectivity index (χ2v) is 15.9. The van der Waals surface area contributed by atoms with E-state index in [0.29, 0.717) is 12.8 Å². The average Bonchev–Trinajstić information content (AvgIpc) is 3.14. The third-order valence-corrected chi connectivity index (χ3v) is 11.0. The fourth-order valence-electron chi connectivity index (χ4n) is 7.34. The molecule has 0 aromatic heterocycles. The molecule has 2 unspecified atom stereocenters. The van der Waals surface area contributed by atoms with E-state index in [0.717, 1.165) is 38.5 Å². The van der Waals surface area contributed by atoms with Crippen molar-refractivity contribution in [2.45, 2.75) is 256 Å². The van der Waals surface area contributed by atoms with E-state index < -0.39 is 49.5 Å². The fourth-order valence-corrected chi connectivity index (χ4v) is 7.34. The Bertz CT molecular complexity index is 786. The summed E-state index contributed by atoms with van der Waals surface area (Å²) >= 11 is 0. The molecule has 0 spiro atoms. The Hall–Kier alpha value is -0.810. The Morgan fingerprint density at radius 1 is 0.577 bits per heavy atom. The van der Waals surface area contributed by atoms with Crippen LogP contribution in [0.4, 0.5) is 0 Å². The number of rotatable bonds is 37. The highest BCUT2D eigenvalue weighted by atomic mass is 16.7. The molecule has 1 heterocycles.